The number of rotatable bonds is 2. The van der Waals surface area contributed by atoms with Gasteiger partial charge < -0.3 is 15.1 Å². The van der Waals surface area contributed by atoms with Crippen molar-refractivity contribution in [1.29, 1.82) is 0 Å². The van der Waals surface area contributed by atoms with Crippen molar-refractivity contribution in [3.63, 3.8) is 0 Å². The largest absolute Gasteiger partial charge is 0.368 e. The van der Waals surface area contributed by atoms with Gasteiger partial charge in [0.2, 0.25) is 0 Å². The third-order valence-corrected chi connectivity index (χ3v) is 3.55. The highest BCUT2D eigenvalue weighted by atomic mass is 32.1. The van der Waals surface area contributed by atoms with Crippen LogP contribution >= 0.6 is 12.2 Å². The van der Waals surface area contributed by atoms with E-state index < -0.39 is 0 Å². The summed E-state index contributed by atoms with van der Waals surface area (Å²) in [6.07, 6.45) is 0. The Balaban J connectivity index is 1.88. The number of hydrogen-bond acceptors (Lipinski definition) is 2. The molecule has 0 aromatic heterocycles. The SMILES string of the molecule is CC(C)NC(=S)N1CCN(c2ccc(F)cc2)CC1. The molecular formula is C14H20FN3S. The zero-order valence-corrected chi connectivity index (χ0v) is 12.2. The summed E-state index contributed by atoms with van der Waals surface area (Å²) < 4.78 is 12.9. The Labute approximate surface area is 119 Å². The summed E-state index contributed by atoms with van der Waals surface area (Å²) in [6, 6.07) is 7.03. The smallest absolute Gasteiger partial charge is 0.169 e. The predicted molar refractivity (Wildman–Crippen MR) is 81.1 cm³/mol. The molecule has 1 aromatic rings. The molecule has 1 heterocycles. The van der Waals surface area contributed by atoms with Gasteiger partial charge in [-0.15, -0.1) is 0 Å². The number of halogens is 1. The highest BCUT2D eigenvalue weighted by Gasteiger charge is 2.19. The van der Waals surface area contributed by atoms with E-state index in [1.54, 1.807) is 0 Å². The van der Waals surface area contributed by atoms with Crippen LogP contribution in [0.2, 0.25) is 0 Å². The molecule has 2 rings (SSSR count). The molecule has 19 heavy (non-hydrogen) atoms. The minimum Gasteiger partial charge on any atom is -0.368 e. The summed E-state index contributed by atoms with van der Waals surface area (Å²) in [5, 5.41) is 4.09. The first-order valence-corrected chi connectivity index (χ1v) is 7.03. The lowest BCUT2D eigenvalue weighted by molar-refractivity contribution is 0.377. The summed E-state index contributed by atoms with van der Waals surface area (Å²) in [7, 11) is 0. The minimum absolute atomic E-state index is 0.190. The normalized spacial score (nSPS) is 15.8. The van der Waals surface area contributed by atoms with Crippen LogP contribution in [-0.4, -0.2) is 42.2 Å². The average Bonchev–Trinajstić information content (AvgIpc) is 2.39. The van der Waals surface area contributed by atoms with Crippen molar-refractivity contribution in [2.45, 2.75) is 19.9 Å². The Morgan fingerprint density at radius 3 is 2.26 bits per heavy atom. The van der Waals surface area contributed by atoms with Crippen LogP contribution in [0.15, 0.2) is 24.3 Å². The van der Waals surface area contributed by atoms with Gasteiger partial charge in [0.05, 0.1) is 0 Å². The number of piperazine rings is 1. The quantitative estimate of drug-likeness (QED) is 0.838. The van der Waals surface area contributed by atoms with Gasteiger partial charge in [-0.3, -0.25) is 0 Å². The van der Waals surface area contributed by atoms with Crippen LogP contribution in [0.1, 0.15) is 13.8 Å². The molecule has 0 unspecified atom stereocenters. The van der Waals surface area contributed by atoms with Crippen LogP contribution in [0.25, 0.3) is 0 Å². The van der Waals surface area contributed by atoms with Crippen LogP contribution in [0, 0.1) is 5.82 Å². The van der Waals surface area contributed by atoms with Crippen molar-refractivity contribution in [2.75, 3.05) is 31.1 Å². The van der Waals surface area contributed by atoms with Crippen LogP contribution in [-0.2, 0) is 0 Å². The molecule has 0 spiro atoms. The van der Waals surface area contributed by atoms with Crippen LogP contribution < -0.4 is 10.2 Å². The lowest BCUT2D eigenvalue weighted by atomic mass is 10.2. The molecule has 1 aliphatic rings. The van der Waals surface area contributed by atoms with Crippen LogP contribution in [0.3, 0.4) is 0 Å². The van der Waals surface area contributed by atoms with E-state index in [4.69, 9.17) is 12.2 Å². The summed E-state index contributed by atoms with van der Waals surface area (Å²) in [6.45, 7) is 7.78. The molecule has 0 bridgehead atoms. The molecule has 0 amide bonds. The average molecular weight is 281 g/mol. The molecule has 0 aliphatic carbocycles. The van der Waals surface area contributed by atoms with Crippen molar-refractivity contribution in [3.8, 4) is 0 Å². The van der Waals surface area contributed by atoms with E-state index in [0.29, 0.717) is 6.04 Å². The second-order valence-electron chi connectivity index (χ2n) is 5.05. The first kappa shape index (κ1) is 14.1. The molecule has 104 valence electrons. The van der Waals surface area contributed by atoms with Gasteiger partial charge in [0.1, 0.15) is 5.82 Å². The Kier molecular flexibility index (Phi) is 4.58. The topological polar surface area (TPSA) is 18.5 Å². The van der Waals surface area contributed by atoms with Crippen LogP contribution in [0.4, 0.5) is 10.1 Å². The fourth-order valence-corrected chi connectivity index (χ4v) is 2.58. The van der Waals surface area contributed by atoms with Gasteiger partial charge in [0, 0.05) is 37.9 Å². The molecule has 3 nitrogen and oxygen atoms in total. The lowest BCUT2D eigenvalue weighted by Gasteiger charge is -2.37. The fraction of sp³-hybridized carbons (Fsp3) is 0.500. The molecule has 1 saturated heterocycles. The highest BCUT2D eigenvalue weighted by Crippen LogP contribution is 2.16. The third-order valence-electron chi connectivity index (χ3n) is 3.17. The molecule has 1 aromatic carbocycles. The first-order valence-electron chi connectivity index (χ1n) is 6.62. The minimum atomic E-state index is -0.190. The number of hydrogen-bond donors (Lipinski definition) is 1. The molecule has 5 heteroatoms. The number of nitrogens with one attached hydrogen (secondary N) is 1. The number of nitrogens with zero attached hydrogens (tertiary/aromatic N) is 2. The standard InChI is InChI=1S/C14H20FN3S/c1-11(2)16-14(19)18-9-7-17(8-10-18)13-5-3-12(15)4-6-13/h3-6,11H,7-10H2,1-2H3,(H,16,19). The van der Waals surface area contributed by atoms with E-state index in [2.05, 4.69) is 29.0 Å². The van der Waals surface area contributed by atoms with Crippen LogP contribution in [0.5, 0.6) is 0 Å². The van der Waals surface area contributed by atoms with Gasteiger partial charge in [-0.2, -0.15) is 0 Å². The molecular weight excluding hydrogens is 261 g/mol. The maximum Gasteiger partial charge on any atom is 0.169 e. The maximum absolute atomic E-state index is 12.9. The van der Waals surface area contributed by atoms with Gasteiger partial charge in [0.15, 0.2) is 5.11 Å². The Morgan fingerprint density at radius 2 is 1.74 bits per heavy atom. The van der Waals surface area contributed by atoms with E-state index in [9.17, 15) is 4.39 Å². The van der Waals surface area contributed by atoms with E-state index >= 15 is 0 Å². The molecule has 1 aliphatic heterocycles. The predicted octanol–water partition coefficient (Wildman–Crippen LogP) is 2.23. The summed E-state index contributed by atoms with van der Waals surface area (Å²) in [5.41, 5.74) is 1.07. The van der Waals surface area contributed by atoms with Crippen molar-refractivity contribution in [2.24, 2.45) is 0 Å². The highest BCUT2D eigenvalue weighted by molar-refractivity contribution is 7.80. The van der Waals surface area contributed by atoms with Gasteiger partial charge in [0.25, 0.3) is 0 Å². The lowest BCUT2D eigenvalue weighted by Crippen LogP contribution is -2.52. The van der Waals surface area contributed by atoms with Gasteiger partial charge in [-0.1, -0.05) is 0 Å². The van der Waals surface area contributed by atoms with E-state index in [1.165, 1.54) is 12.1 Å². The monoisotopic (exact) mass is 281 g/mol. The zero-order chi connectivity index (χ0) is 13.8. The summed E-state index contributed by atoms with van der Waals surface area (Å²) >= 11 is 5.37. The Morgan fingerprint density at radius 1 is 1.16 bits per heavy atom. The van der Waals surface area contributed by atoms with Gasteiger partial charge >= 0.3 is 0 Å². The van der Waals surface area contributed by atoms with Crippen molar-refractivity contribution in [3.05, 3.63) is 30.1 Å². The first-order chi connectivity index (χ1) is 9.06. The Bertz CT molecular complexity index is 425. The zero-order valence-electron chi connectivity index (χ0n) is 11.4. The van der Waals surface area contributed by atoms with Crippen molar-refractivity contribution < 1.29 is 4.39 Å². The maximum atomic E-state index is 12.9. The molecule has 0 saturated carbocycles. The number of benzene rings is 1. The molecule has 1 N–H and O–H groups in total. The fourth-order valence-electron chi connectivity index (χ4n) is 2.16. The second-order valence-corrected chi connectivity index (χ2v) is 5.44. The number of thiocarbonyl (C=S) groups is 1. The van der Waals surface area contributed by atoms with Gasteiger partial charge in [-0.25, -0.2) is 4.39 Å². The molecule has 0 radical (unpaired) electrons. The number of anilines is 1. The van der Waals surface area contributed by atoms with Gasteiger partial charge in [-0.05, 0) is 50.3 Å². The van der Waals surface area contributed by atoms with E-state index in [0.717, 1.165) is 37.0 Å². The van der Waals surface area contributed by atoms with E-state index in [-0.39, 0.29) is 5.82 Å². The third kappa shape index (κ3) is 3.80. The second kappa shape index (κ2) is 6.19. The summed E-state index contributed by atoms with van der Waals surface area (Å²) in [5.74, 6) is -0.190. The molecule has 1 fully saturated rings. The summed E-state index contributed by atoms with van der Waals surface area (Å²) in [4.78, 5) is 4.45. The Hall–Kier alpha value is -1.36. The van der Waals surface area contributed by atoms with E-state index in [1.807, 2.05) is 12.1 Å². The van der Waals surface area contributed by atoms with Crippen molar-refractivity contribution >= 4 is 23.0 Å². The van der Waals surface area contributed by atoms with Crippen molar-refractivity contribution in [1.82, 2.24) is 10.2 Å². The molecule has 0 atom stereocenters.